The zero-order valence-electron chi connectivity index (χ0n) is 17.1. The highest BCUT2D eigenvalue weighted by Gasteiger charge is 2.18. The minimum Gasteiger partial charge on any atom is -0.396 e. The fourth-order valence-electron chi connectivity index (χ4n) is 4.01. The van der Waals surface area contributed by atoms with Crippen molar-refractivity contribution < 1.29 is 4.39 Å². The number of nitrogens with zero attached hydrogens (tertiary/aromatic N) is 2. The van der Waals surface area contributed by atoms with Crippen molar-refractivity contribution in [3.63, 3.8) is 0 Å². The van der Waals surface area contributed by atoms with Crippen molar-refractivity contribution in [2.24, 2.45) is 0 Å². The van der Waals surface area contributed by atoms with Crippen LogP contribution in [0.25, 0.3) is 24.2 Å². The van der Waals surface area contributed by atoms with E-state index in [0.717, 1.165) is 46.3 Å². The van der Waals surface area contributed by atoms with Crippen LogP contribution < -0.4 is 21.9 Å². The minimum atomic E-state index is -0.421. The second kappa shape index (κ2) is 7.76. The first-order valence-corrected chi connectivity index (χ1v) is 10.3. The van der Waals surface area contributed by atoms with Crippen molar-refractivity contribution in [3.05, 3.63) is 106 Å². The summed E-state index contributed by atoms with van der Waals surface area (Å²) in [4.78, 5) is 4.95. The number of benzene rings is 2. The van der Waals surface area contributed by atoms with E-state index in [0.29, 0.717) is 6.42 Å². The van der Waals surface area contributed by atoms with Crippen molar-refractivity contribution in [2.45, 2.75) is 19.3 Å². The maximum atomic E-state index is 13.7. The highest BCUT2D eigenvalue weighted by Crippen LogP contribution is 2.22. The van der Waals surface area contributed by atoms with Gasteiger partial charge in [0.1, 0.15) is 5.82 Å². The summed E-state index contributed by atoms with van der Waals surface area (Å²) in [7, 11) is 0. The van der Waals surface area contributed by atoms with Crippen LogP contribution in [0.2, 0.25) is 0 Å². The van der Waals surface area contributed by atoms with Gasteiger partial charge in [0.25, 0.3) is 0 Å². The van der Waals surface area contributed by atoms with Gasteiger partial charge in [0.05, 0.1) is 28.1 Å². The van der Waals surface area contributed by atoms with Crippen LogP contribution in [-0.2, 0) is 12.8 Å². The molecule has 0 unspecified atom stereocenters. The van der Waals surface area contributed by atoms with Gasteiger partial charge < -0.3 is 11.1 Å². The lowest BCUT2D eigenvalue weighted by Gasteiger charge is -2.19. The van der Waals surface area contributed by atoms with Crippen LogP contribution in [0.4, 0.5) is 10.1 Å². The molecule has 3 N–H and O–H groups in total. The fourth-order valence-corrected chi connectivity index (χ4v) is 4.01. The molecule has 0 spiro atoms. The van der Waals surface area contributed by atoms with E-state index >= 15 is 0 Å². The first-order valence-electron chi connectivity index (χ1n) is 10.3. The van der Waals surface area contributed by atoms with Gasteiger partial charge in [-0.2, -0.15) is 0 Å². The molecule has 0 bridgehead atoms. The molecule has 1 aliphatic heterocycles. The number of nitrogens with one attached hydrogen (secondary N) is 1. The number of hydrogen-bond donors (Lipinski definition) is 2. The van der Waals surface area contributed by atoms with Crippen LogP contribution in [0.3, 0.4) is 0 Å². The van der Waals surface area contributed by atoms with Crippen LogP contribution in [0.15, 0.2) is 72.3 Å². The molecule has 2 aliphatic rings. The molecule has 0 fully saturated rings. The Labute approximate surface area is 180 Å². The second-order valence-corrected chi connectivity index (χ2v) is 7.88. The molecule has 5 heteroatoms. The molecule has 0 saturated heterocycles. The Morgan fingerprint density at radius 1 is 1.13 bits per heavy atom. The van der Waals surface area contributed by atoms with Crippen molar-refractivity contribution >= 4 is 29.9 Å². The summed E-state index contributed by atoms with van der Waals surface area (Å²) in [6, 6.07) is 15.0. The Morgan fingerprint density at radius 3 is 2.71 bits per heavy atom. The molecule has 31 heavy (non-hydrogen) atoms. The molecule has 3 aromatic rings. The maximum absolute atomic E-state index is 13.7. The Hall–Kier alpha value is -3.86. The van der Waals surface area contributed by atoms with Gasteiger partial charge in [-0.3, -0.25) is 4.57 Å². The lowest BCUT2D eigenvalue weighted by atomic mass is 10.1. The number of hydrogen-bond acceptors (Lipinski definition) is 3. The smallest absolute Gasteiger partial charge is 0.157 e. The summed E-state index contributed by atoms with van der Waals surface area (Å²) >= 11 is 0. The summed E-state index contributed by atoms with van der Waals surface area (Å²) in [5.74, 6) is -0.421. The molecule has 4 nitrogen and oxygen atoms in total. The van der Waals surface area contributed by atoms with E-state index in [-0.39, 0.29) is 5.69 Å². The normalized spacial score (nSPS) is 14.8. The average Bonchev–Trinajstić information content (AvgIpc) is 3.40. The highest BCUT2D eigenvalue weighted by molar-refractivity contribution is 5.81. The number of anilines is 1. The number of rotatable bonds is 5. The largest absolute Gasteiger partial charge is 0.396 e. The summed E-state index contributed by atoms with van der Waals surface area (Å²) in [5, 5.41) is 4.38. The first kappa shape index (κ1) is 19.1. The van der Waals surface area contributed by atoms with Gasteiger partial charge in [0.2, 0.25) is 0 Å². The third-order valence-electron chi connectivity index (χ3n) is 5.68. The van der Waals surface area contributed by atoms with E-state index in [1.165, 1.54) is 17.2 Å². The third-order valence-corrected chi connectivity index (χ3v) is 5.68. The SMILES string of the molecule is C=c1c(CC2=CC=CC2)nc2n1C=C(c1ccc(F)c(N)c1)NC=2Cc1ccccc1. The lowest BCUT2D eigenvalue weighted by molar-refractivity contribution is 0.632. The van der Waals surface area contributed by atoms with Gasteiger partial charge in [-0.05, 0) is 30.2 Å². The molecule has 0 radical (unpaired) electrons. The van der Waals surface area contributed by atoms with Crippen LogP contribution in [0.1, 0.15) is 23.2 Å². The summed E-state index contributed by atoms with van der Waals surface area (Å²) in [6.07, 6.45) is 10.8. The number of halogens is 1. The number of aromatic nitrogens is 2. The number of allylic oxidation sites excluding steroid dienone is 4. The lowest BCUT2D eigenvalue weighted by Crippen LogP contribution is -2.35. The van der Waals surface area contributed by atoms with Crippen LogP contribution in [0, 0.1) is 5.82 Å². The minimum absolute atomic E-state index is 0.123. The molecular weight excluding hydrogens is 387 g/mol. The predicted octanol–water partition coefficient (Wildman–Crippen LogP) is 3.35. The van der Waals surface area contributed by atoms with E-state index in [9.17, 15) is 4.39 Å². The first-order chi connectivity index (χ1) is 15.1. The van der Waals surface area contributed by atoms with Crippen LogP contribution in [0.5, 0.6) is 0 Å². The fraction of sp³-hybridized carbons (Fsp3) is 0.115. The molecule has 1 aliphatic carbocycles. The maximum Gasteiger partial charge on any atom is 0.157 e. The number of imidazole rings is 1. The molecule has 154 valence electrons. The van der Waals surface area contributed by atoms with Crippen molar-refractivity contribution in [2.75, 3.05) is 5.73 Å². The molecule has 1 aromatic heterocycles. The predicted molar refractivity (Wildman–Crippen MR) is 124 cm³/mol. The Kier molecular flexibility index (Phi) is 4.79. The Bertz CT molecular complexity index is 1360. The van der Waals surface area contributed by atoms with Gasteiger partial charge >= 0.3 is 0 Å². The van der Waals surface area contributed by atoms with Crippen LogP contribution >= 0.6 is 0 Å². The van der Waals surface area contributed by atoms with Gasteiger partial charge in [-0.25, -0.2) is 9.37 Å². The third kappa shape index (κ3) is 3.70. The van der Waals surface area contributed by atoms with Gasteiger partial charge in [0.15, 0.2) is 5.48 Å². The summed E-state index contributed by atoms with van der Waals surface area (Å²) in [5.41, 5.74) is 12.9. The van der Waals surface area contributed by atoms with E-state index in [2.05, 4.69) is 42.3 Å². The molecule has 2 heterocycles. The molecule has 2 aromatic carbocycles. The molecule has 0 atom stereocenters. The number of fused-ring (bicyclic) bond motifs is 1. The topological polar surface area (TPSA) is 55.9 Å². The molecule has 0 amide bonds. The Morgan fingerprint density at radius 2 is 1.97 bits per heavy atom. The standard InChI is InChI=1S/C26H23FN4/c1-17-23(13-18-9-5-6-10-18)30-26-24(14-19-7-3-2-4-8-19)29-25(16-31(17)26)20-11-12-21(27)22(28)15-20/h2-9,11-12,15-16,29H,1,10,13-14,28H2. The molecular formula is C26H23FN4. The molecule has 0 saturated carbocycles. The summed E-state index contributed by atoms with van der Waals surface area (Å²) in [6.45, 7) is 4.32. The second-order valence-electron chi connectivity index (χ2n) is 7.88. The van der Waals surface area contributed by atoms with E-state index in [4.69, 9.17) is 10.7 Å². The van der Waals surface area contributed by atoms with E-state index < -0.39 is 5.82 Å². The van der Waals surface area contributed by atoms with Crippen molar-refractivity contribution in [1.82, 2.24) is 14.9 Å². The number of nitrogen functional groups attached to an aromatic ring is 1. The van der Waals surface area contributed by atoms with Gasteiger partial charge in [-0.15, -0.1) is 0 Å². The van der Waals surface area contributed by atoms with Crippen LogP contribution in [-0.4, -0.2) is 9.55 Å². The van der Waals surface area contributed by atoms with E-state index in [1.807, 2.05) is 29.0 Å². The summed E-state index contributed by atoms with van der Waals surface area (Å²) < 4.78 is 15.8. The highest BCUT2D eigenvalue weighted by atomic mass is 19.1. The average molecular weight is 410 g/mol. The van der Waals surface area contributed by atoms with Crippen molar-refractivity contribution in [3.8, 4) is 0 Å². The molecule has 5 rings (SSSR count). The van der Waals surface area contributed by atoms with E-state index in [1.54, 1.807) is 12.1 Å². The zero-order valence-corrected chi connectivity index (χ0v) is 17.1. The Balaban J connectivity index is 1.61. The van der Waals surface area contributed by atoms with Gasteiger partial charge in [0, 0.05) is 24.6 Å². The quantitative estimate of drug-likeness (QED) is 0.635. The van der Waals surface area contributed by atoms with Crippen molar-refractivity contribution in [1.29, 1.82) is 0 Å². The van der Waals surface area contributed by atoms with Gasteiger partial charge in [-0.1, -0.05) is 60.7 Å². The monoisotopic (exact) mass is 410 g/mol. The zero-order chi connectivity index (χ0) is 21.4. The number of nitrogens with two attached hydrogens (primary N) is 1.